The van der Waals surface area contributed by atoms with Crippen LogP contribution >= 0.6 is 0 Å². The Kier molecular flexibility index (Phi) is 6.45. The lowest BCUT2D eigenvalue weighted by atomic mass is 10.1. The zero-order chi connectivity index (χ0) is 20.6. The summed E-state index contributed by atoms with van der Waals surface area (Å²) in [6.45, 7) is 4.69. The van der Waals surface area contributed by atoms with Crippen molar-refractivity contribution >= 4 is 0 Å². The molecule has 0 aliphatic heterocycles. The molecule has 0 unspecified atom stereocenters. The van der Waals surface area contributed by atoms with Crippen LogP contribution in [0.15, 0.2) is 66.1 Å². The first-order chi connectivity index (χ1) is 14.1. The van der Waals surface area contributed by atoms with E-state index in [2.05, 4.69) is 17.1 Å². The average molecular weight is 383 g/mol. The van der Waals surface area contributed by atoms with Gasteiger partial charge in [-0.1, -0.05) is 18.2 Å². The second-order valence-corrected chi connectivity index (χ2v) is 6.68. The molecule has 1 heterocycles. The number of nitrogens with zero attached hydrogens (tertiary/aromatic N) is 3. The van der Waals surface area contributed by atoms with Crippen LogP contribution in [0.3, 0.4) is 0 Å². The fourth-order valence-electron chi connectivity index (χ4n) is 2.90. The average Bonchev–Trinajstić information content (AvgIpc) is 2.98. The highest BCUT2D eigenvalue weighted by molar-refractivity contribution is 5.42. The minimum Gasteiger partial charge on any atom is -0.493 e. The number of hydrogen-bond donors (Lipinski definition) is 0. The molecule has 2 aromatic rings. The molecule has 1 aromatic heterocycles. The normalized spacial score (nSPS) is 12.8. The van der Waals surface area contributed by atoms with E-state index < -0.39 is 0 Å². The lowest BCUT2D eigenvalue weighted by Crippen LogP contribution is -2.04. The molecule has 144 valence electrons. The first-order valence-electron chi connectivity index (χ1n) is 9.28. The minimum absolute atomic E-state index is 0.377. The lowest BCUT2D eigenvalue weighted by molar-refractivity contribution is 0.193. The zero-order valence-corrected chi connectivity index (χ0v) is 16.5. The van der Waals surface area contributed by atoms with Crippen LogP contribution in [0.25, 0.3) is 0 Å². The van der Waals surface area contributed by atoms with Gasteiger partial charge >= 0.3 is 0 Å². The van der Waals surface area contributed by atoms with Crippen molar-refractivity contribution in [2.45, 2.75) is 33.5 Å². The number of nitriles is 2. The number of pyridine rings is 1. The van der Waals surface area contributed by atoms with Crippen molar-refractivity contribution in [3.05, 3.63) is 94.0 Å². The number of aryl methyl sites for hydroxylation is 1. The molecule has 0 spiro atoms. The predicted octanol–water partition coefficient (Wildman–Crippen LogP) is 4.96. The fourth-order valence-corrected chi connectivity index (χ4v) is 2.90. The molecule has 0 amide bonds. The number of benzene rings is 1. The van der Waals surface area contributed by atoms with E-state index in [4.69, 9.17) is 20.0 Å². The zero-order valence-electron chi connectivity index (χ0n) is 16.5. The summed E-state index contributed by atoms with van der Waals surface area (Å²) >= 11 is 0. The molecule has 1 aliphatic carbocycles. The van der Waals surface area contributed by atoms with Crippen molar-refractivity contribution in [2.75, 3.05) is 0 Å². The van der Waals surface area contributed by atoms with Gasteiger partial charge in [0.1, 0.15) is 24.7 Å². The Labute approximate surface area is 170 Å². The summed E-state index contributed by atoms with van der Waals surface area (Å²) in [6, 6.07) is 11.6. The largest absolute Gasteiger partial charge is 0.493 e. The first-order valence-corrected chi connectivity index (χ1v) is 9.28. The maximum atomic E-state index is 8.99. The highest BCUT2D eigenvalue weighted by Crippen LogP contribution is 2.27. The molecule has 0 fully saturated rings. The summed E-state index contributed by atoms with van der Waals surface area (Å²) in [5.41, 5.74) is 4.97. The van der Waals surface area contributed by atoms with Crippen LogP contribution in [0.2, 0.25) is 0 Å². The summed E-state index contributed by atoms with van der Waals surface area (Å²) in [7, 11) is 0. The fraction of sp³-hybridized carbons (Fsp3) is 0.208. The molecule has 0 radical (unpaired) electrons. The monoisotopic (exact) mass is 383 g/mol. The summed E-state index contributed by atoms with van der Waals surface area (Å²) in [5, 5.41) is 17.9. The maximum absolute atomic E-state index is 8.99. The van der Waals surface area contributed by atoms with Gasteiger partial charge in [0.15, 0.2) is 0 Å². The van der Waals surface area contributed by atoms with Crippen molar-refractivity contribution in [3.8, 4) is 17.9 Å². The van der Waals surface area contributed by atoms with E-state index in [1.54, 1.807) is 24.3 Å². The van der Waals surface area contributed by atoms with E-state index in [1.807, 2.05) is 44.3 Å². The van der Waals surface area contributed by atoms with E-state index in [9.17, 15) is 0 Å². The molecule has 5 nitrogen and oxygen atoms in total. The van der Waals surface area contributed by atoms with Gasteiger partial charge in [-0.05, 0) is 49.8 Å². The third-order valence-electron chi connectivity index (χ3n) is 4.64. The highest BCUT2D eigenvalue weighted by atomic mass is 16.5. The predicted molar refractivity (Wildman–Crippen MR) is 110 cm³/mol. The lowest BCUT2D eigenvalue weighted by Gasteiger charge is -2.16. The van der Waals surface area contributed by atoms with Crippen molar-refractivity contribution in [1.29, 1.82) is 10.5 Å². The molecule has 0 atom stereocenters. The van der Waals surface area contributed by atoms with E-state index in [0.717, 1.165) is 33.9 Å². The Hall–Kier alpha value is -3.83. The Morgan fingerprint density at radius 1 is 1.00 bits per heavy atom. The number of aromatic nitrogens is 1. The van der Waals surface area contributed by atoms with Gasteiger partial charge in [-0.2, -0.15) is 10.5 Å². The second kappa shape index (κ2) is 9.39. The molecule has 0 saturated heterocycles. The van der Waals surface area contributed by atoms with Crippen LogP contribution in [0.5, 0.6) is 5.75 Å². The van der Waals surface area contributed by atoms with Crippen LogP contribution in [-0.4, -0.2) is 4.98 Å². The van der Waals surface area contributed by atoms with E-state index in [0.29, 0.717) is 30.8 Å². The molecule has 29 heavy (non-hydrogen) atoms. The number of hydrogen-bond acceptors (Lipinski definition) is 5. The molecular formula is C24H21N3O2. The standard InChI is InChI=1S/C24H21N3O2/c1-17-22(16-28-23-5-3-4-19(12-25)10-11-23)14-27-18(2)24(17)29-15-21-8-6-20(13-26)7-9-21/h3-4,6-11,14H,5,15-16H2,1-2H3. The van der Waals surface area contributed by atoms with Crippen LogP contribution in [0, 0.1) is 36.5 Å². The Morgan fingerprint density at radius 2 is 1.79 bits per heavy atom. The van der Waals surface area contributed by atoms with Gasteiger partial charge in [-0.3, -0.25) is 4.98 Å². The molecule has 5 heteroatoms. The third-order valence-corrected chi connectivity index (χ3v) is 4.64. The molecule has 1 aliphatic rings. The number of rotatable bonds is 6. The van der Waals surface area contributed by atoms with Gasteiger partial charge in [0.05, 0.1) is 29.0 Å². The summed E-state index contributed by atoms with van der Waals surface area (Å²) in [5.74, 6) is 1.54. The summed E-state index contributed by atoms with van der Waals surface area (Å²) in [6.07, 6.45) is 9.74. The van der Waals surface area contributed by atoms with Gasteiger partial charge in [0, 0.05) is 23.7 Å². The van der Waals surface area contributed by atoms with Crippen molar-refractivity contribution in [3.63, 3.8) is 0 Å². The van der Waals surface area contributed by atoms with Gasteiger partial charge in [-0.25, -0.2) is 0 Å². The van der Waals surface area contributed by atoms with Crippen molar-refractivity contribution in [2.24, 2.45) is 0 Å². The van der Waals surface area contributed by atoms with Crippen LogP contribution in [0.1, 0.15) is 34.4 Å². The van der Waals surface area contributed by atoms with Gasteiger partial charge in [0.25, 0.3) is 0 Å². The quantitative estimate of drug-likeness (QED) is 0.704. The van der Waals surface area contributed by atoms with E-state index in [1.165, 1.54) is 0 Å². The smallest absolute Gasteiger partial charge is 0.144 e. The number of allylic oxidation sites excluding steroid dienone is 5. The summed E-state index contributed by atoms with van der Waals surface area (Å²) < 4.78 is 12.0. The second-order valence-electron chi connectivity index (χ2n) is 6.68. The molecule has 0 bridgehead atoms. The highest BCUT2D eigenvalue weighted by Gasteiger charge is 2.12. The molecule has 3 rings (SSSR count). The molecule has 0 N–H and O–H groups in total. The van der Waals surface area contributed by atoms with Crippen LogP contribution in [-0.2, 0) is 18.0 Å². The van der Waals surface area contributed by atoms with Gasteiger partial charge < -0.3 is 9.47 Å². The Balaban J connectivity index is 1.69. The van der Waals surface area contributed by atoms with Gasteiger partial charge in [0.2, 0.25) is 0 Å². The van der Waals surface area contributed by atoms with Crippen LogP contribution in [0.4, 0.5) is 0 Å². The molecule has 1 aromatic carbocycles. The van der Waals surface area contributed by atoms with Crippen molar-refractivity contribution < 1.29 is 9.47 Å². The Morgan fingerprint density at radius 3 is 2.52 bits per heavy atom. The molecular weight excluding hydrogens is 362 g/mol. The van der Waals surface area contributed by atoms with E-state index >= 15 is 0 Å². The van der Waals surface area contributed by atoms with Gasteiger partial charge in [-0.15, -0.1) is 0 Å². The van der Waals surface area contributed by atoms with E-state index in [-0.39, 0.29) is 0 Å². The van der Waals surface area contributed by atoms with Crippen molar-refractivity contribution in [1.82, 2.24) is 4.98 Å². The maximum Gasteiger partial charge on any atom is 0.144 e. The summed E-state index contributed by atoms with van der Waals surface area (Å²) in [4.78, 5) is 4.45. The van der Waals surface area contributed by atoms with Crippen LogP contribution < -0.4 is 4.74 Å². The SMILES string of the molecule is Cc1ncc(COC2=CC=C(C#N)C=CC2)c(C)c1OCc1ccc(C#N)cc1. The molecule has 0 saturated carbocycles. The number of ether oxygens (including phenoxy) is 2. The minimum atomic E-state index is 0.377. The Bertz CT molecular complexity index is 1070. The first kappa shape index (κ1) is 19.9. The topological polar surface area (TPSA) is 78.9 Å². The third kappa shape index (κ3) is 5.12.